The van der Waals surface area contributed by atoms with Crippen LogP contribution in [0.4, 0.5) is 7.77 Å². The fraction of sp³-hybridized carbons (Fsp3) is 1.00. The molecular formula is C4H10F2OS. The lowest BCUT2D eigenvalue weighted by molar-refractivity contribution is 0.464. The highest BCUT2D eigenvalue weighted by atomic mass is 32.3. The predicted octanol–water partition coefficient (Wildman–Crippen LogP) is 2.83. The van der Waals surface area contributed by atoms with Crippen molar-refractivity contribution in [1.29, 1.82) is 0 Å². The Morgan fingerprint density at radius 3 is 1.38 bits per heavy atom. The zero-order valence-corrected chi connectivity index (χ0v) is 5.93. The van der Waals surface area contributed by atoms with E-state index in [0.29, 0.717) is 0 Å². The van der Waals surface area contributed by atoms with E-state index in [1.807, 2.05) is 0 Å². The molecule has 0 amide bonds. The highest BCUT2D eigenvalue weighted by Crippen LogP contribution is 2.58. The van der Waals surface area contributed by atoms with Gasteiger partial charge in [-0.2, -0.15) is 0 Å². The molecule has 0 unspecified atom stereocenters. The lowest BCUT2D eigenvalue weighted by Crippen LogP contribution is -2.17. The van der Waals surface area contributed by atoms with E-state index >= 15 is 0 Å². The summed E-state index contributed by atoms with van der Waals surface area (Å²) in [5, 5.41) is 0. The van der Waals surface area contributed by atoms with Gasteiger partial charge in [-0.3, -0.25) is 0 Å². The molecule has 0 aromatic rings. The molecule has 0 heterocycles. The van der Waals surface area contributed by atoms with Crippen LogP contribution in [-0.2, 0) is 0 Å². The second-order valence-electron chi connectivity index (χ2n) is 2.55. The summed E-state index contributed by atoms with van der Waals surface area (Å²) < 4.78 is 30.6. The molecule has 8 heavy (non-hydrogen) atoms. The number of hydrogen-bond donors (Lipinski definition) is 1. The molecule has 52 valence electrons. The number of halogens is 2. The topological polar surface area (TPSA) is 20.2 Å². The van der Waals surface area contributed by atoms with Crippen molar-refractivity contribution >= 4 is 11.1 Å². The lowest BCUT2D eigenvalue weighted by Gasteiger charge is -2.27. The summed E-state index contributed by atoms with van der Waals surface area (Å²) in [5.41, 5.74) is 0. The Morgan fingerprint density at radius 1 is 1.25 bits per heavy atom. The van der Waals surface area contributed by atoms with Gasteiger partial charge in [0.2, 0.25) is 0 Å². The molecule has 0 aliphatic heterocycles. The smallest absolute Gasteiger partial charge is 0.173 e. The predicted molar refractivity (Wildman–Crippen MR) is 32.2 cm³/mol. The Morgan fingerprint density at radius 2 is 1.38 bits per heavy atom. The average molecular weight is 144 g/mol. The van der Waals surface area contributed by atoms with Crippen molar-refractivity contribution in [3.63, 3.8) is 0 Å². The van der Waals surface area contributed by atoms with Crippen LogP contribution in [-0.4, -0.2) is 9.30 Å². The molecule has 0 radical (unpaired) electrons. The summed E-state index contributed by atoms with van der Waals surface area (Å²) in [6.45, 7) is 3.92. The highest BCUT2D eigenvalue weighted by molar-refractivity contribution is 8.21. The minimum Gasteiger partial charge on any atom is -0.301 e. The van der Waals surface area contributed by atoms with Gasteiger partial charge in [0.1, 0.15) is 0 Å². The van der Waals surface area contributed by atoms with Gasteiger partial charge < -0.3 is 4.55 Å². The Labute approximate surface area is 49.8 Å². The molecule has 0 rings (SSSR count). The van der Waals surface area contributed by atoms with E-state index in [1.54, 1.807) is 0 Å². The van der Waals surface area contributed by atoms with E-state index in [1.165, 1.54) is 20.8 Å². The second-order valence-corrected chi connectivity index (χ2v) is 4.66. The largest absolute Gasteiger partial charge is 0.301 e. The van der Waals surface area contributed by atoms with Gasteiger partial charge in [-0.1, -0.05) is 0 Å². The third kappa shape index (κ3) is 1.96. The van der Waals surface area contributed by atoms with Crippen LogP contribution in [0.2, 0.25) is 0 Å². The van der Waals surface area contributed by atoms with Gasteiger partial charge in [0.05, 0.1) is 4.75 Å². The first-order valence-corrected chi connectivity index (χ1v) is 3.59. The summed E-state index contributed by atoms with van der Waals surface area (Å²) in [5.74, 6) is 0. The molecule has 0 saturated carbocycles. The van der Waals surface area contributed by atoms with Crippen LogP contribution < -0.4 is 0 Å². The maximum absolute atomic E-state index is 11.9. The van der Waals surface area contributed by atoms with Crippen LogP contribution in [0.1, 0.15) is 20.8 Å². The zero-order valence-electron chi connectivity index (χ0n) is 5.11. The van der Waals surface area contributed by atoms with Crippen molar-refractivity contribution in [3.05, 3.63) is 0 Å². The van der Waals surface area contributed by atoms with Gasteiger partial charge in [0.25, 0.3) is 0 Å². The fourth-order valence-electron chi connectivity index (χ4n) is 0. The van der Waals surface area contributed by atoms with Crippen LogP contribution in [0.15, 0.2) is 0 Å². The first-order valence-electron chi connectivity index (χ1n) is 2.20. The minimum absolute atomic E-state index is 1.26. The maximum atomic E-state index is 11.9. The van der Waals surface area contributed by atoms with Gasteiger partial charge in [0.15, 0.2) is 11.1 Å². The summed E-state index contributed by atoms with van der Waals surface area (Å²) in [4.78, 5) is 0. The van der Waals surface area contributed by atoms with Gasteiger partial charge in [0, 0.05) is 0 Å². The maximum Gasteiger partial charge on any atom is 0.173 e. The summed E-state index contributed by atoms with van der Waals surface area (Å²) in [6.07, 6.45) is 0. The van der Waals surface area contributed by atoms with Gasteiger partial charge in [-0.15, -0.1) is 7.77 Å². The first-order chi connectivity index (χ1) is 3.25. The van der Waals surface area contributed by atoms with Gasteiger partial charge >= 0.3 is 0 Å². The van der Waals surface area contributed by atoms with Crippen LogP contribution in [0.5, 0.6) is 0 Å². The van der Waals surface area contributed by atoms with E-state index < -0.39 is 15.8 Å². The molecule has 0 atom stereocenters. The van der Waals surface area contributed by atoms with Crippen LogP contribution in [0, 0.1) is 0 Å². The summed E-state index contributed by atoms with van der Waals surface area (Å²) in [6, 6.07) is 0. The molecule has 1 N–H and O–H groups in total. The number of hydrogen-bond acceptors (Lipinski definition) is 1. The van der Waals surface area contributed by atoms with E-state index in [-0.39, 0.29) is 0 Å². The van der Waals surface area contributed by atoms with Crippen molar-refractivity contribution in [2.24, 2.45) is 0 Å². The molecule has 0 aromatic heterocycles. The standard InChI is InChI=1S/C4H10F2OS/c1-4(2,3)8(5,6)7/h7H,1-3H3. The molecule has 0 spiro atoms. The van der Waals surface area contributed by atoms with Crippen molar-refractivity contribution in [2.75, 3.05) is 0 Å². The second kappa shape index (κ2) is 1.84. The van der Waals surface area contributed by atoms with E-state index in [0.717, 1.165) is 0 Å². The fourth-order valence-corrected chi connectivity index (χ4v) is 0. The van der Waals surface area contributed by atoms with Crippen molar-refractivity contribution in [2.45, 2.75) is 25.5 Å². The van der Waals surface area contributed by atoms with Gasteiger partial charge in [-0.25, -0.2) is 0 Å². The average Bonchev–Trinajstić information content (AvgIpc) is 1.25. The third-order valence-corrected chi connectivity index (χ3v) is 2.21. The molecule has 0 saturated heterocycles. The quantitative estimate of drug-likeness (QED) is 0.554. The molecular weight excluding hydrogens is 134 g/mol. The van der Waals surface area contributed by atoms with Crippen molar-refractivity contribution in [3.8, 4) is 0 Å². The van der Waals surface area contributed by atoms with E-state index in [2.05, 4.69) is 0 Å². The molecule has 0 aliphatic carbocycles. The van der Waals surface area contributed by atoms with Crippen LogP contribution in [0.25, 0.3) is 0 Å². The molecule has 1 nitrogen and oxygen atoms in total. The van der Waals surface area contributed by atoms with E-state index in [4.69, 9.17) is 4.55 Å². The monoisotopic (exact) mass is 144 g/mol. The minimum atomic E-state index is -4.34. The van der Waals surface area contributed by atoms with E-state index in [9.17, 15) is 7.77 Å². The third-order valence-electron chi connectivity index (χ3n) is 0.737. The zero-order chi connectivity index (χ0) is 7.00. The molecule has 4 heteroatoms. The molecule has 0 aromatic carbocycles. The van der Waals surface area contributed by atoms with Crippen LogP contribution >= 0.6 is 11.1 Å². The highest BCUT2D eigenvalue weighted by Gasteiger charge is 2.35. The molecule has 0 bridgehead atoms. The van der Waals surface area contributed by atoms with Crippen molar-refractivity contribution in [1.82, 2.24) is 0 Å². The Hall–Kier alpha value is 0.170. The number of rotatable bonds is 0. The Kier molecular flexibility index (Phi) is 1.88. The summed E-state index contributed by atoms with van der Waals surface area (Å²) in [7, 11) is 0. The molecule has 0 fully saturated rings. The Balaban J connectivity index is 4.02. The van der Waals surface area contributed by atoms with Gasteiger partial charge in [-0.05, 0) is 20.8 Å². The first kappa shape index (κ1) is 8.17. The lowest BCUT2D eigenvalue weighted by atomic mass is 10.3. The SMILES string of the molecule is CC(C)(C)S(O)(F)F. The van der Waals surface area contributed by atoms with Crippen molar-refractivity contribution < 1.29 is 12.3 Å². The summed E-state index contributed by atoms with van der Waals surface area (Å²) >= 11 is -4.34. The Bertz CT molecular complexity index is 69.0. The normalized spacial score (nSPS) is 16.2. The van der Waals surface area contributed by atoms with Crippen LogP contribution in [0.3, 0.4) is 0 Å². The molecule has 0 aliphatic rings.